The summed E-state index contributed by atoms with van der Waals surface area (Å²) >= 11 is 0. The number of H-pyrrole nitrogens is 1. The molecule has 0 unspecified atom stereocenters. The molecule has 2 heterocycles. The van der Waals surface area contributed by atoms with Crippen LogP contribution in [0.1, 0.15) is 11.4 Å². The first-order chi connectivity index (χ1) is 6.34. The number of nitrogens with zero attached hydrogens (tertiary/aromatic N) is 3. The molecule has 0 aliphatic heterocycles. The van der Waals surface area contributed by atoms with E-state index >= 15 is 0 Å². The second kappa shape index (κ2) is 3.18. The second-order valence-electron chi connectivity index (χ2n) is 2.47. The van der Waals surface area contributed by atoms with Crippen LogP contribution in [-0.4, -0.2) is 20.1 Å². The molecule has 6 heteroatoms. The summed E-state index contributed by atoms with van der Waals surface area (Å²) in [5.74, 6) is -0.0772. The maximum absolute atomic E-state index is 10.6. The van der Waals surface area contributed by atoms with Crippen LogP contribution in [0.5, 0.6) is 0 Å². The Hall–Kier alpha value is -1.98. The molecule has 0 amide bonds. The summed E-state index contributed by atoms with van der Waals surface area (Å²) in [6.07, 6.45) is 5.21. The molecular formula is C7H6N4O2. The van der Waals surface area contributed by atoms with Crippen molar-refractivity contribution in [2.45, 2.75) is 6.42 Å². The summed E-state index contributed by atoms with van der Waals surface area (Å²) in [5.41, 5.74) is 0.868. The third-order valence-electron chi connectivity index (χ3n) is 1.47. The minimum atomic E-state index is -0.549. The molecular weight excluding hydrogens is 172 g/mol. The van der Waals surface area contributed by atoms with Gasteiger partial charge >= 0.3 is 5.76 Å². The third-order valence-corrected chi connectivity index (χ3v) is 1.47. The van der Waals surface area contributed by atoms with Crippen molar-refractivity contribution in [1.82, 2.24) is 20.1 Å². The van der Waals surface area contributed by atoms with Crippen LogP contribution in [0.25, 0.3) is 0 Å². The zero-order valence-corrected chi connectivity index (χ0v) is 6.60. The van der Waals surface area contributed by atoms with Gasteiger partial charge in [0, 0.05) is 18.8 Å². The van der Waals surface area contributed by atoms with E-state index in [0.29, 0.717) is 12.2 Å². The van der Waals surface area contributed by atoms with Crippen molar-refractivity contribution in [2.24, 2.45) is 0 Å². The molecule has 0 radical (unpaired) electrons. The lowest BCUT2D eigenvalue weighted by molar-refractivity contribution is 0.382. The minimum Gasteiger partial charge on any atom is -0.296 e. The van der Waals surface area contributed by atoms with E-state index in [2.05, 4.69) is 24.6 Å². The molecule has 13 heavy (non-hydrogen) atoms. The lowest BCUT2D eigenvalue weighted by Crippen LogP contribution is -1.98. The van der Waals surface area contributed by atoms with E-state index in [0.717, 1.165) is 5.56 Å². The highest BCUT2D eigenvalue weighted by Crippen LogP contribution is 1.99. The molecule has 2 aromatic heterocycles. The normalized spacial score (nSPS) is 10.2. The van der Waals surface area contributed by atoms with E-state index in [1.807, 2.05) is 0 Å². The van der Waals surface area contributed by atoms with Gasteiger partial charge in [0.15, 0.2) is 5.82 Å². The Morgan fingerprint density at radius 3 is 2.77 bits per heavy atom. The van der Waals surface area contributed by atoms with Crippen LogP contribution >= 0.6 is 0 Å². The maximum atomic E-state index is 10.6. The quantitative estimate of drug-likeness (QED) is 0.685. The molecule has 0 saturated heterocycles. The molecule has 0 aliphatic rings. The van der Waals surface area contributed by atoms with E-state index in [-0.39, 0.29) is 0 Å². The number of rotatable bonds is 2. The predicted molar refractivity (Wildman–Crippen MR) is 42.0 cm³/mol. The summed E-state index contributed by atoms with van der Waals surface area (Å²) < 4.78 is 4.33. The van der Waals surface area contributed by atoms with E-state index in [1.54, 1.807) is 12.4 Å². The van der Waals surface area contributed by atoms with Crippen molar-refractivity contribution in [3.8, 4) is 0 Å². The standard InChI is InChI=1S/C7H6N4O2/c12-7-10-6(11-13-7)1-5-2-8-4-9-3-5/h2-4H,1H2,(H,10,11,12). The number of nitrogens with one attached hydrogen (secondary N) is 1. The average Bonchev–Trinajstić information content (AvgIpc) is 2.53. The predicted octanol–water partition coefficient (Wildman–Crippen LogP) is -0.256. The largest absolute Gasteiger partial charge is 0.438 e. The summed E-state index contributed by atoms with van der Waals surface area (Å²) in [4.78, 5) is 20.7. The minimum absolute atomic E-state index is 0.465. The fourth-order valence-electron chi connectivity index (χ4n) is 0.951. The van der Waals surface area contributed by atoms with Crippen LogP contribution in [0, 0.1) is 0 Å². The van der Waals surface area contributed by atoms with Gasteiger partial charge in [-0.1, -0.05) is 5.16 Å². The van der Waals surface area contributed by atoms with Gasteiger partial charge in [0.05, 0.1) is 0 Å². The highest BCUT2D eigenvalue weighted by molar-refractivity contribution is 5.08. The molecule has 66 valence electrons. The first-order valence-corrected chi connectivity index (χ1v) is 3.63. The van der Waals surface area contributed by atoms with Crippen molar-refractivity contribution in [2.75, 3.05) is 0 Å². The van der Waals surface area contributed by atoms with Crippen LogP contribution in [-0.2, 0) is 6.42 Å². The van der Waals surface area contributed by atoms with Gasteiger partial charge < -0.3 is 0 Å². The first kappa shape index (κ1) is 7.66. The molecule has 0 fully saturated rings. The molecule has 0 aromatic carbocycles. The van der Waals surface area contributed by atoms with Gasteiger partial charge in [-0.25, -0.2) is 14.8 Å². The summed E-state index contributed by atoms with van der Waals surface area (Å²) in [7, 11) is 0. The van der Waals surface area contributed by atoms with Gasteiger partial charge in [-0.2, -0.15) is 0 Å². The van der Waals surface area contributed by atoms with Gasteiger partial charge in [0.25, 0.3) is 0 Å². The van der Waals surface area contributed by atoms with Gasteiger partial charge in [0.1, 0.15) is 6.33 Å². The van der Waals surface area contributed by atoms with E-state index in [1.165, 1.54) is 6.33 Å². The first-order valence-electron chi connectivity index (χ1n) is 3.63. The van der Waals surface area contributed by atoms with Crippen LogP contribution < -0.4 is 5.76 Å². The van der Waals surface area contributed by atoms with E-state index < -0.39 is 5.76 Å². The molecule has 0 aliphatic carbocycles. The Labute approximate surface area is 72.6 Å². The number of hydrogen-bond donors (Lipinski definition) is 1. The third kappa shape index (κ3) is 1.78. The number of aromatic amines is 1. The summed E-state index contributed by atoms with van der Waals surface area (Å²) in [5, 5.41) is 3.51. The molecule has 0 bridgehead atoms. The van der Waals surface area contributed by atoms with Crippen LogP contribution in [0.3, 0.4) is 0 Å². The zero-order chi connectivity index (χ0) is 9.10. The lowest BCUT2D eigenvalue weighted by Gasteiger charge is -1.92. The highest BCUT2D eigenvalue weighted by atomic mass is 16.5. The van der Waals surface area contributed by atoms with Crippen LogP contribution in [0.2, 0.25) is 0 Å². The SMILES string of the molecule is O=c1[nH]c(Cc2cncnc2)no1. The molecule has 6 nitrogen and oxygen atoms in total. The topological polar surface area (TPSA) is 84.7 Å². The van der Waals surface area contributed by atoms with Crippen LogP contribution in [0.15, 0.2) is 28.0 Å². The lowest BCUT2D eigenvalue weighted by atomic mass is 10.2. The van der Waals surface area contributed by atoms with E-state index in [4.69, 9.17) is 0 Å². The summed E-state index contributed by atoms with van der Waals surface area (Å²) in [6, 6.07) is 0. The fraction of sp³-hybridized carbons (Fsp3) is 0.143. The van der Waals surface area contributed by atoms with Crippen molar-refractivity contribution < 1.29 is 4.52 Å². The second-order valence-corrected chi connectivity index (χ2v) is 2.47. The van der Waals surface area contributed by atoms with Gasteiger partial charge in [0.2, 0.25) is 0 Å². The highest BCUT2D eigenvalue weighted by Gasteiger charge is 2.01. The van der Waals surface area contributed by atoms with Gasteiger partial charge in [-0.15, -0.1) is 0 Å². The molecule has 0 saturated carbocycles. The molecule has 2 rings (SSSR count). The maximum Gasteiger partial charge on any atom is 0.438 e. The van der Waals surface area contributed by atoms with Crippen molar-refractivity contribution >= 4 is 0 Å². The zero-order valence-electron chi connectivity index (χ0n) is 6.60. The van der Waals surface area contributed by atoms with Gasteiger partial charge in [-0.05, 0) is 5.56 Å². The Morgan fingerprint density at radius 1 is 1.38 bits per heavy atom. The van der Waals surface area contributed by atoms with Crippen LogP contribution in [0.4, 0.5) is 0 Å². The number of aromatic nitrogens is 4. The molecule has 1 N–H and O–H groups in total. The Kier molecular flexibility index (Phi) is 1.87. The Balaban J connectivity index is 2.20. The fourth-order valence-corrected chi connectivity index (χ4v) is 0.951. The molecule has 2 aromatic rings. The Morgan fingerprint density at radius 2 is 2.15 bits per heavy atom. The number of hydrogen-bond acceptors (Lipinski definition) is 5. The Bertz CT molecular complexity index is 433. The summed E-state index contributed by atoms with van der Waals surface area (Å²) in [6.45, 7) is 0. The monoisotopic (exact) mass is 178 g/mol. The average molecular weight is 178 g/mol. The van der Waals surface area contributed by atoms with Gasteiger partial charge in [-0.3, -0.25) is 9.51 Å². The molecule has 0 atom stereocenters. The van der Waals surface area contributed by atoms with Crippen molar-refractivity contribution in [3.63, 3.8) is 0 Å². The van der Waals surface area contributed by atoms with Crippen molar-refractivity contribution in [1.29, 1.82) is 0 Å². The smallest absolute Gasteiger partial charge is 0.296 e. The van der Waals surface area contributed by atoms with Crippen molar-refractivity contribution in [3.05, 3.63) is 40.7 Å². The van der Waals surface area contributed by atoms with E-state index in [9.17, 15) is 4.79 Å². The molecule has 0 spiro atoms.